The number of sulfonamides is 1. The van der Waals surface area contributed by atoms with Gasteiger partial charge in [-0.25, -0.2) is 8.42 Å². The quantitative estimate of drug-likeness (QED) is 0.731. The van der Waals surface area contributed by atoms with Gasteiger partial charge in [0.1, 0.15) is 0 Å². The maximum absolute atomic E-state index is 12.9. The van der Waals surface area contributed by atoms with Gasteiger partial charge in [0.25, 0.3) is 10.0 Å². The number of nitrogens with zero attached hydrogens (tertiary/aromatic N) is 2. The lowest BCUT2D eigenvalue weighted by atomic mass is 10.2. The van der Waals surface area contributed by atoms with Crippen molar-refractivity contribution in [2.24, 2.45) is 0 Å². The van der Waals surface area contributed by atoms with Gasteiger partial charge in [0.15, 0.2) is 0 Å². The molecule has 2 aromatic rings. The Labute approximate surface area is 145 Å². The highest BCUT2D eigenvalue weighted by Crippen LogP contribution is 2.24. The second kappa shape index (κ2) is 8.31. The van der Waals surface area contributed by atoms with E-state index in [1.807, 2.05) is 37.3 Å². The minimum Gasteiger partial charge on any atom is -0.302 e. The summed E-state index contributed by atoms with van der Waals surface area (Å²) >= 11 is 0. The second-order valence-electron chi connectivity index (χ2n) is 5.89. The Bertz CT molecular complexity index is 745. The Hall–Kier alpha value is -1.85. The molecular formula is C19H26N2O2S. The summed E-state index contributed by atoms with van der Waals surface area (Å²) in [5.41, 5.74) is 1.83. The molecule has 0 N–H and O–H groups in total. The number of rotatable bonds is 8. The average molecular weight is 346 g/mol. The minimum absolute atomic E-state index is 0.320. The standard InChI is InChI=1S/C19H26N2O2S/c1-4-14-20(3)16-17-10-9-11-18(15-17)21(5-2)24(22,23)19-12-7-6-8-13-19/h6-13,15H,4-5,14,16H2,1-3H3. The van der Waals surface area contributed by atoms with Gasteiger partial charge in [-0.3, -0.25) is 4.31 Å². The van der Waals surface area contributed by atoms with Crippen molar-refractivity contribution in [2.75, 3.05) is 24.4 Å². The topological polar surface area (TPSA) is 40.6 Å². The third-order valence-electron chi connectivity index (χ3n) is 3.87. The zero-order chi connectivity index (χ0) is 17.6. The molecule has 5 heteroatoms. The predicted molar refractivity (Wildman–Crippen MR) is 99.7 cm³/mol. The molecule has 0 atom stereocenters. The Morgan fingerprint density at radius 2 is 1.67 bits per heavy atom. The normalized spacial score (nSPS) is 11.7. The highest BCUT2D eigenvalue weighted by molar-refractivity contribution is 7.92. The van der Waals surface area contributed by atoms with Crippen LogP contribution in [0.5, 0.6) is 0 Å². The maximum Gasteiger partial charge on any atom is 0.264 e. The molecule has 24 heavy (non-hydrogen) atoms. The molecule has 130 valence electrons. The molecule has 0 aliphatic rings. The summed E-state index contributed by atoms with van der Waals surface area (Å²) in [5, 5.41) is 0. The molecule has 2 rings (SSSR count). The fourth-order valence-electron chi connectivity index (χ4n) is 2.79. The van der Waals surface area contributed by atoms with Crippen molar-refractivity contribution in [2.45, 2.75) is 31.7 Å². The highest BCUT2D eigenvalue weighted by Gasteiger charge is 2.23. The molecular weight excluding hydrogens is 320 g/mol. The molecule has 0 spiro atoms. The first kappa shape index (κ1) is 18.5. The van der Waals surface area contributed by atoms with E-state index >= 15 is 0 Å². The molecule has 0 aliphatic heterocycles. The van der Waals surface area contributed by atoms with E-state index in [1.54, 1.807) is 24.3 Å². The van der Waals surface area contributed by atoms with Crippen LogP contribution in [-0.2, 0) is 16.6 Å². The number of benzene rings is 2. The molecule has 0 saturated heterocycles. The summed E-state index contributed by atoms with van der Waals surface area (Å²) in [6.07, 6.45) is 1.10. The SMILES string of the molecule is CCCN(C)Cc1cccc(N(CC)S(=O)(=O)c2ccccc2)c1. The van der Waals surface area contributed by atoms with Gasteiger partial charge in [-0.05, 0) is 56.8 Å². The van der Waals surface area contributed by atoms with E-state index in [1.165, 1.54) is 4.31 Å². The van der Waals surface area contributed by atoms with Crippen molar-refractivity contribution in [1.29, 1.82) is 0 Å². The number of hydrogen-bond donors (Lipinski definition) is 0. The van der Waals surface area contributed by atoms with Crippen molar-refractivity contribution < 1.29 is 8.42 Å². The van der Waals surface area contributed by atoms with Gasteiger partial charge in [0.2, 0.25) is 0 Å². The smallest absolute Gasteiger partial charge is 0.264 e. The Morgan fingerprint density at radius 3 is 2.29 bits per heavy atom. The first-order valence-corrected chi connectivity index (χ1v) is 9.78. The predicted octanol–water partition coefficient (Wildman–Crippen LogP) is 3.74. The van der Waals surface area contributed by atoms with E-state index < -0.39 is 10.0 Å². The van der Waals surface area contributed by atoms with Crippen LogP contribution in [0.3, 0.4) is 0 Å². The molecule has 0 fully saturated rings. The largest absolute Gasteiger partial charge is 0.302 e. The highest BCUT2D eigenvalue weighted by atomic mass is 32.2. The third-order valence-corrected chi connectivity index (χ3v) is 5.79. The van der Waals surface area contributed by atoms with Crippen molar-refractivity contribution in [3.8, 4) is 0 Å². The van der Waals surface area contributed by atoms with Crippen LogP contribution in [0.15, 0.2) is 59.5 Å². The molecule has 0 aromatic heterocycles. The number of hydrogen-bond acceptors (Lipinski definition) is 3. The maximum atomic E-state index is 12.9. The van der Waals surface area contributed by atoms with Crippen LogP contribution in [0.2, 0.25) is 0 Å². The fourth-order valence-corrected chi connectivity index (χ4v) is 4.28. The van der Waals surface area contributed by atoms with E-state index in [-0.39, 0.29) is 0 Å². The molecule has 2 aromatic carbocycles. The van der Waals surface area contributed by atoms with E-state index in [9.17, 15) is 8.42 Å². The lowest BCUT2D eigenvalue weighted by Gasteiger charge is -2.24. The van der Waals surface area contributed by atoms with Crippen molar-refractivity contribution in [1.82, 2.24) is 4.90 Å². The first-order chi connectivity index (χ1) is 11.5. The Morgan fingerprint density at radius 1 is 0.958 bits per heavy atom. The van der Waals surface area contributed by atoms with Crippen molar-refractivity contribution in [3.05, 3.63) is 60.2 Å². The van der Waals surface area contributed by atoms with Crippen LogP contribution in [-0.4, -0.2) is 33.5 Å². The van der Waals surface area contributed by atoms with Crippen LogP contribution >= 0.6 is 0 Å². The summed E-state index contributed by atoms with van der Waals surface area (Å²) in [6.45, 7) is 6.23. The van der Waals surface area contributed by atoms with Crippen LogP contribution in [0.1, 0.15) is 25.8 Å². The van der Waals surface area contributed by atoms with Gasteiger partial charge in [-0.1, -0.05) is 37.3 Å². The van der Waals surface area contributed by atoms with E-state index in [2.05, 4.69) is 18.9 Å². The van der Waals surface area contributed by atoms with Crippen LogP contribution in [0.4, 0.5) is 5.69 Å². The molecule has 0 bridgehead atoms. The average Bonchev–Trinajstić information content (AvgIpc) is 2.56. The van der Waals surface area contributed by atoms with Gasteiger partial charge >= 0.3 is 0 Å². The van der Waals surface area contributed by atoms with Crippen molar-refractivity contribution >= 4 is 15.7 Å². The summed E-state index contributed by atoms with van der Waals surface area (Å²) in [7, 11) is -1.46. The molecule has 0 aliphatic carbocycles. The Balaban J connectivity index is 2.31. The van der Waals surface area contributed by atoms with Crippen LogP contribution in [0.25, 0.3) is 0 Å². The van der Waals surface area contributed by atoms with E-state index in [4.69, 9.17) is 0 Å². The third kappa shape index (κ3) is 4.36. The summed E-state index contributed by atoms with van der Waals surface area (Å²) in [4.78, 5) is 2.56. The summed E-state index contributed by atoms with van der Waals surface area (Å²) < 4.78 is 27.3. The van der Waals surface area contributed by atoms with Gasteiger partial charge in [-0.15, -0.1) is 0 Å². The Kier molecular flexibility index (Phi) is 6.40. The van der Waals surface area contributed by atoms with Gasteiger partial charge in [-0.2, -0.15) is 0 Å². The summed E-state index contributed by atoms with van der Waals surface area (Å²) in [6, 6.07) is 16.4. The van der Waals surface area contributed by atoms with Gasteiger partial charge in [0, 0.05) is 13.1 Å². The number of anilines is 1. The lowest BCUT2D eigenvalue weighted by molar-refractivity contribution is 0.327. The van der Waals surface area contributed by atoms with Crippen molar-refractivity contribution in [3.63, 3.8) is 0 Å². The van der Waals surface area contributed by atoms with Crippen LogP contribution in [0, 0.1) is 0 Å². The fraction of sp³-hybridized carbons (Fsp3) is 0.368. The van der Waals surface area contributed by atoms with Gasteiger partial charge < -0.3 is 4.90 Å². The molecule has 4 nitrogen and oxygen atoms in total. The lowest BCUT2D eigenvalue weighted by Crippen LogP contribution is -2.31. The van der Waals surface area contributed by atoms with Gasteiger partial charge in [0.05, 0.1) is 10.6 Å². The molecule has 0 unspecified atom stereocenters. The van der Waals surface area contributed by atoms with E-state index in [0.717, 1.165) is 25.1 Å². The summed E-state index contributed by atoms with van der Waals surface area (Å²) in [5.74, 6) is 0. The molecule has 0 amide bonds. The monoisotopic (exact) mass is 346 g/mol. The minimum atomic E-state index is -3.54. The van der Waals surface area contributed by atoms with Crippen LogP contribution < -0.4 is 4.31 Å². The van der Waals surface area contributed by atoms with E-state index in [0.29, 0.717) is 17.1 Å². The zero-order valence-electron chi connectivity index (χ0n) is 14.6. The zero-order valence-corrected chi connectivity index (χ0v) is 15.5. The molecule has 0 heterocycles. The molecule has 0 radical (unpaired) electrons. The second-order valence-corrected chi connectivity index (χ2v) is 7.75. The first-order valence-electron chi connectivity index (χ1n) is 8.34. The molecule has 0 saturated carbocycles.